The average molecular weight is 342 g/mol. The van der Waals surface area contributed by atoms with Crippen molar-refractivity contribution in [2.75, 3.05) is 13.7 Å². The van der Waals surface area contributed by atoms with E-state index in [-0.39, 0.29) is 23.5 Å². The molecule has 0 bridgehead atoms. The Morgan fingerprint density at radius 3 is 2.80 bits per heavy atom. The van der Waals surface area contributed by atoms with Crippen LogP contribution in [0.25, 0.3) is 11.2 Å². The van der Waals surface area contributed by atoms with E-state index < -0.39 is 0 Å². The summed E-state index contributed by atoms with van der Waals surface area (Å²) in [7, 11) is 1.85. The van der Waals surface area contributed by atoms with Gasteiger partial charge in [-0.2, -0.15) is 0 Å². The van der Waals surface area contributed by atoms with Crippen molar-refractivity contribution in [2.45, 2.75) is 52.2 Å². The first-order valence-electron chi connectivity index (χ1n) is 8.91. The molecule has 0 saturated heterocycles. The number of amides is 1. The quantitative estimate of drug-likeness (QED) is 0.755. The second kappa shape index (κ2) is 7.04. The normalized spacial score (nSPS) is 21.8. The Bertz CT molecular complexity index is 762. The fourth-order valence-electron chi connectivity index (χ4n) is 3.47. The molecule has 0 aromatic carbocycles. The summed E-state index contributed by atoms with van der Waals surface area (Å²) in [4.78, 5) is 27.4. The molecule has 6 heteroatoms. The molecule has 0 aliphatic heterocycles. The molecule has 2 unspecified atom stereocenters. The van der Waals surface area contributed by atoms with Crippen LogP contribution in [-0.2, 0) is 4.74 Å². The molecule has 1 aliphatic rings. The molecule has 0 spiro atoms. The van der Waals surface area contributed by atoms with E-state index in [9.17, 15) is 4.79 Å². The van der Waals surface area contributed by atoms with Gasteiger partial charge in [0.2, 0.25) is 0 Å². The molecule has 6 nitrogen and oxygen atoms in total. The molecule has 3 rings (SSSR count). The summed E-state index contributed by atoms with van der Waals surface area (Å²) >= 11 is 0. The highest BCUT2D eigenvalue weighted by Crippen LogP contribution is 2.45. The first kappa shape index (κ1) is 17.7. The first-order chi connectivity index (χ1) is 11.9. The van der Waals surface area contributed by atoms with E-state index in [1.165, 1.54) is 0 Å². The second-order valence-electron chi connectivity index (χ2n) is 7.30. The van der Waals surface area contributed by atoms with Crippen molar-refractivity contribution < 1.29 is 9.53 Å². The summed E-state index contributed by atoms with van der Waals surface area (Å²) in [6.07, 6.45) is 6.48. The van der Waals surface area contributed by atoms with Gasteiger partial charge in [-0.05, 0) is 25.0 Å². The average Bonchev–Trinajstić information content (AvgIpc) is 2.62. The zero-order valence-corrected chi connectivity index (χ0v) is 15.4. The lowest BCUT2D eigenvalue weighted by atomic mass is 9.63. The third-order valence-electron chi connectivity index (χ3n) is 5.28. The van der Waals surface area contributed by atoms with Crippen molar-refractivity contribution in [1.29, 1.82) is 0 Å². The van der Waals surface area contributed by atoms with Crippen molar-refractivity contribution >= 4 is 17.1 Å². The van der Waals surface area contributed by atoms with Crippen LogP contribution in [0.15, 0.2) is 24.5 Å². The molecule has 2 atom stereocenters. The highest BCUT2D eigenvalue weighted by Gasteiger charge is 2.52. The SMILES string of the molecule is CCCCOC1CC(N(C)C(=O)c2ccc3nccnc3n2)C1(C)C. The molecule has 25 heavy (non-hydrogen) atoms. The largest absolute Gasteiger partial charge is 0.378 e. The minimum Gasteiger partial charge on any atom is -0.378 e. The van der Waals surface area contributed by atoms with Gasteiger partial charge in [0, 0.05) is 37.5 Å². The van der Waals surface area contributed by atoms with E-state index in [0.29, 0.717) is 16.9 Å². The van der Waals surface area contributed by atoms with Gasteiger partial charge in [-0.3, -0.25) is 9.78 Å². The maximum Gasteiger partial charge on any atom is 0.272 e. The highest BCUT2D eigenvalue weighted by atomic mass is 16.5. The van der Waals surface area contributed by atoms with Gasteiger partial charge >= 0.3 is 0 Å². The predicted molar refractivity (Wildman–Crippen MR) is 96.3 cm³/mol. The number of hydrogen-bond acceptors (Lipinski definition) is 5. The molecule has 0 radical (unpaired) electrons. The molecule has 1 fully saturated rings. The monoisotopic (exact) mass is 342 g/mol. The molecule has 2 aromatic rings. The topological polar surface area (TPSA) is 68.2 Å². The molecular formula is C19H26N4O2. The minimum absolute atomic E-state index is 0.0607. The van der Waals surface area contributed by atoms with Crippen LogP contribution in [0.1, 0.15) is 50.5 Å². The molecule has 1 saturated carbocycles. The van der Waals surface area contributed by atoms with Crippen LogP contribution in [0.4, 0.5) is 0 Å². The molecule has 2 aromatic heterocycles. The van der Waals surface area contributed by atoms with Crippen LogP contribution < -0.4 is 0 Å². The Morgan fingerprint density at radius 2 is 2.08 bits per heavy atom. The molecular weight excluding hydrogens is 316 g/mol. The maximum absolute atomic E-state index is 12.9. The van der Waals surface area contributed by atoms with Crippen LogP contribution in [-0.4, -0.2) is 51.6 Å². The number of pyridine rings is 1. The molecule has 1 aliphatic carbocycles. The molecule has 1 amide bonds. The van der Waals surface area contributed by atoms with Gasteiger partial charge in [-0.25, -0.2) is 9.97 Å². The Kier molecular flexibility index (Phi) is 4.99. The number of rotatable bonds is 6. The lowest BCUT2D eigenvalue weighted by Gasteiger charge is -2.54. The summed E-state index contributed by atoms with van der Waals surface area (Å²) in [6, 6.07) is 3.65. The summed E-state index contributed by atoms with van der Waals surface area (Å²) in [6.45, 7) is 7.28. The van der Waals surface area contributed by atoms with Crippen molar-refractivity contribution in [3.8, 4) is 0 Å². The highest BCUT2D eigenvalue weighted by molar-refractivity contribution is 5.94. The van der Waals surface area contributed by atoms with E-state index in [0.717, 1.165) is 25.9 Å². The van der Waals surface area contributed by atoms with Gasteiger partial charge in [-0.15, -0.1) is 0 Å². The van der Waals surface area contributed by atoms with E-state index in [2.05, 4.69) is 35.7 Å². The van der Waals surface area contributed by atoms with Crippen LogP contribution >= 0.6 is 0 Å². The summed E-state index contributed by atoms with van der Waals surface area (Å²) in [5.74, 6) is -0.0855. The number of fused-ring (bicyclic) bond motifs is 1. The van der Waals surface area contributed by atoms with Crippen molar-refractivity contribution in [3.63, 3.8) is 0 Å². The Hall–Kier alpha value is -2.08. The number of nitrogens with zero attached hydrogens (tertiary/aromatic N) is 4. The van der Waals surface area contributed by atoms with Gasteiger partial charge < -0.3 is 9.64 Å². The number of hydrogen-bond donors (Lipinski definition) is 0. The summed E-state index contributed by atoms with van der Waals surface area (Å²) in [5, 5.41) is 0. The Balaban J connectivity index is 1.70. The fraction of sp³-hybridized carbons (Fsp3) is 0.579. The van der Waals surface area contributed by atoms with Gasteiger partial charge in [0.15, 0.2) is 5.65 Å². The van der Waals surface area contributed by atoms with Gasteiger partial charge in [0.25, 0.3) is 5.91 Å². The lowest BCUT2D eigenvalue weighted by Crippen LogP contribution is -2.62. The predicted octanol–water partition coefficient (Wildman–Crippen LogP) is 3.08. The third-order valence-corrected chi connectivity index (χ3v) is 5.28. The Labute approximate surface area is 148 Å². The van der Waals surface area contributed by atoms with Crippen LogP contribution in [0, 0.1) is 5.41 Å². The van der Waals surface area contributed by atoms with Crippen molar-refractivity contribution in [2.24, 2.45) is 5.41 Å². The molecule has 2 heterocycles. The van der Waals surface area contributed by atoms with E-state index in [1.807, 2.05) is 7.05 Å². The van der Waals surface area contributed by atoms with Gasteiger partial charge in [-0.1, -0.05) is 27.2 Å². The third kappa shape index (κ3) is 3.35. The van der Waals surface area contributed by atoms with Gasteiger partial charge in [0.05, 0.1) is 6.10 Å². The number of aromatic nitrogens is 3. The van der Waals surface area contributed by atoms with Crippen molar-refractivity contribution in [3.05, 3.63) is 30.2 Å². The van der Waals surface area contributed by atoms with E-state index >= 15 is 0 Å². The van der Waals surface area contributed by atoms with Crippen LogP contribution in [0.2, 0.25) is 0 Å². The van der Waals surface area contributed by atoms with E-state index in [4.69, 9.17) is 4.74 Å². The van der Waals surface area contributed by atoms with Crippen molar-refractivity contribution in [1.82, 2.24) is 19.9 Å². The maximum atomic E-state index is 12.9. The molecule has 0 N–H and O–H groups in total. The zero-order valence-electron chi connectivity index (χ0n) is 15.4. The van der Waals surface area contributed by atoms with E-state index in [1.54, 1.807) is 29.4 Å². The number of carbonyl (C=O) groups excluding carboxylic acids is 1. The van der Waals surface area contributed by atoms with Crippen LogP contribution in [0.3, 0.4) is 0 Å². The number of ether oxygens (including phenoxy) is 1. The minimum atomic E-state index is -0.0855. The lowest BCUT2D eigenvalue weighted by molar-refractivity contribution is -0.140. The summed E-state index contributed by atoms with van der Waals surface area (Å²) < 4.78 is 5.99. The Morgan fingerprint density at radius 1 is 1.32 bits per heavy atom. The molecule has 134 valence electrons. The standard InChI is InChI=1S/C19H26N4O2/c1-5-6-11-25-16-12-15(19(16,2)3)23(4)18(24)14-8-7-13-17(22-14)21-10-9-20-13/h7-10,15-16H,5-6,11-12H2,1-4H3. The zero-order chi connectivity index (χ0) is 18.0. The van der Waals surface area contributed by atoms with Gasteiger partial charge in [0.1, 0.15) is 11.2 Å². The second-order valence-corrected chi connectivity index (χ2v) is 7.30. The smallest absolute Gasteiger partial charge is 0.272 e. The first-order valence-corrected chi connectivity index (χ1v) is 8.91. The number of carbonyl (C=O) groups is 1. The summed E-state index contributed by atoms with van der Waals surface area (Å²) in [5.41, 5.74) is 1.53. The number of unbranched alkanes of at least 4 members (excludes halogenated alkanes) is 1. The van der Waals surface area contributed by atoms with Crippen LogP contribution in [0.5, 0.6) is 0 Å². The fourth-order valence-corrected chi connectivity index (χ4v) is 3.47.